The maximum absolute atomic E-state index is 11.5. The molecule has 118 valence electrons. The molecule has 1 rings (SSSR count). The number of hydrogen-bond donors (Lipinski definition) is 0. The van der Waals surface area contributed by atoms with Crippen molar-refractivity contribution in [3.05, 3.63) is 23.8 Å². The predicted octanol–water partition coefficient (Wildman–Crippen LogP) is 1.77. The number of Topliss-reactive ketones (excluding diaryl/α,β-unsaturated/α-hetero) is 1. The number of carbonyl (C=O) groups is 1. The van der Waals surface area contributed by atoms with Crippen LogP contribution < -0.4 is 9.47 Å². The summed E-state index contributed by atoms with van der Waals surface area (Å²) in [5, 5.41) is 0. The smallest absolute Gasteiger partial charge is 0.161 e. The van der Waals surface area contributed by atoms with Crippen molar-refractivity contribution < 1.29 is 14.3 Å². The van der Waals surface area contributed by atoms with Gasteiger partial charge in [-0.15, -0.1) is 0 Å². The van der Waals surface area contributed by atoms with Gasteiger partial charge in [-0.2, -0.15) is 0 Å². The monoisotopic (exact) mass is 294 g/mol. The van der Waals surface area contributed by atoms with Crippen LogP contribution in [-0.2, 0) is 0 Å². The molecule has 0 radical (unpaired) electrons. The zero-order valence-electron chi connectivity index (χ0n) is 13.7. The first-order chi connectivity index (χ1) is 9.90. The van der Waals surface area contributed by atoms with Crippen LogP contribution in [0.5, 0.6) is 11.5 Å². The summed E-state index contributed by atoms with van der Waals surface area (Å²) in [4.78, 5) is 15.6. The molecule has 5 nitrogen and oxygen atoms in total. The van der Waals surface area contributed by atoms with E-state index in [1.165, 1.54) is 0 Å². The summed E-state index contributed by atoms with van der Waals surface area (Å²) in [6.45, 7) is 4.31. The molecule has 0 aliphatic carbocycles. The lowest BCUT2D eigenvalue weighted by Gasteiger charge is -2.16. The number of benzene rings is 1. The number of nitrogens with zero attached hydrogens (tertiary/aromatic N) is 2. The zero-order valence-corrected chi connectivity index (χ0v) is 13.7. The van der Waals surface area contributed by atoms with Gasteiger partial charge in [0.2, 0.25) is 0 Å². The second-order valence-electron chi connectivity index (χ2n) is 5.52. The maximum atomic E-state index is 11.5. The molecule has 0 spiro atoms. The molecule has 0 bridgehead atoms. The standard InChI is InChI=1S/C16H26N2O3/c1-13(19)14-6-7-15(20-10-8-17(2)3)16(12-14)21-11-9-18(4)5/h6-7,12H,8-11H2,1-5H3. The van der Waals surface area contributed by atoms with Crippen LogP contribution in [0, 0.1) is 0 Å². The van der Waals surface area contributed by atoms with Crippen LogP contribution in [0.2, 0.25) is 0 Å². The Balaban J connectivity index is 2.76. The Labute approximate surface area is 127 Å². The first-order valence-electron chi connectivity index (χ1n) is 7.10. The Bertz CT molecular complexity index is 459. The Hall–Kier alpha value is -1.59. The lowest BCUT2D eigenvalue weighted by Crippen LogP contribution is -2.21. The minimum absolute atomic E-state index is 0.0206. The van der Waals surface area contributed by atoms with Crippen LogP contribution in [0.4, 0.5) is 0 Å². The van der Waals surface area contributed by atoms with Gasteiger partial charge < -0.3 is 19.3 Å². The number of ether oxygens (including phenoxy) is 2. The first kappa shape index (κ1) is 17.5. The van der Waals surface area contributed by atoms with Crippen LogP contribution in [0.15, 0.2) is 18.2 Å². The van der Waals surface area contributed by atoms with Gasteiger partial charge in [0.05, 0.1) is 0 Å². The minimum Gasteiger partial charge on any atom is -0.488 e. The fourth-order valence-electron chi connectivity index (χ4n) is 1.64. The average molecular weight is 294 g/mol. The highest BCUT2D eigenvalue weighted by atomic mass is 16.5. The van der Waals surface area contributed by atoms with Crippen molar-refractivity contribution in [2.75, 3.05) is 54.5 Å². The molecule has 1 aromatic carbocycles. The fraction of sp³-hybridized carbons (Fsp3) is 0.562. The predicted molar refractivity (Wildman–Crippen MR) is 84.5 cm³/mol. The van der Waals surface area contributed by atoms with Crippen LogP contribution in [0.1, 0.15) is 17.3 Å². The third kappa shape index (κ3) is 6.60. The van der Waals surface area contributed by atoms with Crippen molar-refractivity contribution in [3.63, 3.8) is 0 Å². The molecule has 0 aliphatic heterocycles. The topological polar surface area (TPSA) is 42.0 Å². The molecule has 0 atom stereocenters. The summed E-state index contributed by atoms with van der Waals surface area (Å²) in [6, 6.07) is 5.33. The number of carbonyl (C=O) groups excluding carboxylic acids is 1. The van der Waals surface area contributed by atoms with Gasteiger partial charge >= 0.3 is 0 Å². The molecule has 0 amide bonds. The van der Waals surface area contributed by atoms with E-state index in [4.69, 9.17) is 9.47 Å². The minimum atomic E-state index is 0.0206. The summed E-state index contributed by atoms with van der Waals surface area (Å²) in [5.74, 6) is 1.33. The van der Waals surface area contributed by atoms with Crippen molar-refractivity contribution in [1.29, 1.82) is 0 Å². The maximum Gasteiger partial charge on any atom is 0.161 e. The van der Waals surface area contributed by atoms with Crippen molar-refractivity contribution >= 4 is 5.78 Å². The van der Waals surface area contributed by atoms with E-state index >= 15 is 0 Å². The lowest BCUT2D eigenvalue weighted by molar-refractivity contribution is 0.101. The molecule has 0 saturated heterocycles. The van der Waals surface area contributed by atoms with Gasteiger partial charge in [0.15, 0.2) is 17.3 Å². The van der Waals surface area contributed by atoms with Crippen LogP contribution in [0.25, 0.3) is 0 Å². The summed E-state index contributed by atoms with van der Waals surface area (Å²) >= 11 is 0. The molecule has 0 heterocycles. The van der Waals surface area contributed by atoms with E-state index in [-0.39, 0.29) is 5.78 Å². The Morgan fingerprint density at radius 1 is 0.952 bits per heavy atom. The van der Waals surface area contributed by atoms with Gasteiger partial charge in [0.1, 0.15) is 13.2 Å². The fourth-order valence-corrected chi connectivity index (χ4v) is 1.64. The van der Waals surface area contributed by atoms with E-state index in [2.05, 4.69) is 4.90 Å². The highest BCUT2D eigenvalue weighted by Gasteiger charge is 2.09. The number of hydrogen-bond acceptors (Lipinski definition) is 5. The molecule has 0 aromatic heterocycles. The van der Waals surface area contributed by atoms with E-state index in [1.807, 2.05) is 33.1 Å². The SMILES string of the molecule is CC(=O)c1ccc(OCCN(C)C)c(OCCN(C)C)c1. The summed E-state index contributed by atoms with van der Waals surface area (Å²) < 4.78 is 11.5. The van der Waals surface area contributed by atoms with Crippen LogP contribution >= 0.6 is 0 Å². The van der Waals surface area contributed by atoms with E-state index in [1.54, 1.807) is 25.1 Å². The van der Waals surface area contributed by atoms with Crippen molar-refractivity contribution in [1.82, 2.24) is 9.80 Å². The third-order valence-corrected chi connectivity index (χ3v) is 2.94. The number of rotatable bonds is 9. The van der Waals surface area contributed by atoms with Crippen LogP contribution in [-0.4, -0.2) is 70.1 Å². The molecule has 0 unspecified atom stereocenters. The third-order valence-electron chi connectivity index (χ3n) is 2.94. The molecule has 0 aliphatic rings. The second-order valence-corrected chi connectivity index (χ2v) is 5.52. The van der Waals surface area contributed by atoms with Gasteiger partial charge in [-0.3, -0.25) is 4.79 Å². The Morgan fingerprint density at radius 2 is 1.48 bits per heavy atom. The second kappa shape index (κ2) is 8.64. The van der Waals surface area contributed by atoms with Crippen LogP contribution in [0.3, 0.4) is 0 Å². The highest BCUT2D eigenvalue weighted by Crippen LogP contribution is 2.28. The molecule has 0 saturated carbocycles. The van der Waals surface area contributed by atoms with Gasteiger partial charge in [0.25, 0.3) is 0 Å². The van der Waals surface area contributed by atoms with E-state index < -0.39 is 0 Å². The van der Waals surface area contributed by atoms with E-state index in [0.29, 0.717) is 30.3 Å². The molecule has 0 fully saturated rings. The largest absolute Gasteiger partial charge is 0.488 e. The molecular weight excluding hydrogens is 268 g/mol. The summed E-state index contributed by atoms with van der Waals surface area (Å²) in [6.07, 6.45) is 0. The van der Waals surface area contributed by atoms with Crippen molar-refractivity contribution in [3.8, 4) is 11.5 Å². The Kier molecular flexibility index (Phi) is 7.19. The quantitative estimate of drug-likeness (QED) is 0.649. The van der Waals surface area contributed by atoms with Gasteiger partial charge in [-0.1, -0.05) is 0 Å². The Morgan fingerprint density at radius 3 is 1.95 bits per heavy atom. The lowest BCUT2D eigenvalue weighted by atomic mass is 10.1. The van der Waals surface area contributed by atoms with Gasteiger partial charge in [0, 0.05) is 18.7 Å². The average Bonchev–Trinajstić information content (AvgIpc) is 2.39. The molecule has 21 heavy (non-hydrogen) atoms. The number of ketones is 1. The molecule has 5 heteroatoms. The number of likely N-dealkylation sites (N-methyl/N-ethyl adjacent to an activating group) is 2. The summed E-state index contributed by atoms with van der Waals surface area (Å²) in [7, 11) is 7.97. The normalized spacial score (nSPS) is 11.0. The zero-order chi connectivity index (χ0) is 15.8. The van der Waals surface area contributed by atoms with E-state index in [9.17, 15) is 4.79 Å². The van der Waals surface area contributed by atoms with Crippen molar-refractivity contribution in [2.24, 2.45) is 0 Å². The van der Waals surface area contributed by atoms with E-state index in [0.717, 1.165) is 13.1 Å². The molecular formula is C16H26N2O3. The first-order valence-corrected chi connectivity index (χ1v) is 7.10. The van der Waals surface area contributed by atoms with Gasteiger partial charge in [-0.25, -0.2) is 0 Å². The van der Waals surface area contributed by atoms with Gasteiger partial charge in [-0.05, 0) is 53.3 Å². The molecule has 1 aromatic rings. The van der Waals surface area contributed by atoms with Crippen molar-refractivity contribution in [2.45, 2.75) is 6.92 Å². The highest BCUT2D eigenvalue weighted by molar-refractivity contribution is 5.94. The summed E-state index contributed by atoms with van der Waals surface area (Å²) in [5.41, 5.74) is 0.634. The molecule has 0 N–H and O–H groups in total.